The fraction of sp³-hybridized carbons (Fsp3) is 0.818. The summed E-state index contributed by atoms with van der Waals surface area (Å²) in [6.45, 7) is 19.3. The van der Waals surface area contributed by atoms with Gasteiger partial charge in [0.2, 0.25) is 17.7 Å². The lowest BCUT2D eigenvalue weighted by Gasteiger charge is -2.12. The van der Waals surface area contributed by atoms with Crippen LogP contribution in [0.25, 0.3) is 0 Å². The lowest BCUT2D eigenvalue weighted by molar-refractivity contribution is -0.144. The molecule has 0 spiro atoms. The summed E-state index contributed by atoms with van der Waals surface area (Å²) in [5, 5.41) is 8.39. The van der Waals surface area contributed by atoms with Crippen molar-refractivity contribution in [2.24, 2.45) is 17.8 Å². The topological polar surface area (TPSA) is 166 Å². The summed E-state index contributed by atoms with van der Waals surface area (Å²) in [5.74, 6) is -0.536. The van der Waals surface area contributed by atoms with Gasteiger partial charge < -0.3 is 30.2 Å². The highest BCUT2D eigenvalue weighted by Gasteiger charge is 2.16. The third-order valence-corrected chi connectivity index (χ3v) is 8.36. The smallest absolute Gasteiger partial charge is 0.319 e. The number of carbonyl (C=O) groups is 6. The number of esters is 3. The van der Waals surface area contributed by atoms with Crippen LogP contribution in [-0.4, -0.2) is 89.6 Å². The highest BCUT2D eigenvalue weighted by Crippen LogP contribution is 2.11. The second kappa shape index (κ2) is 32.5. The van der Waals surface area contributed by atoms with Crippen molar-refractivity contribution in [1.82, 2.24) is 16.0 Å². The van der Waals surface area contributed by atoms with Crippen molar-refractivity contribution >= 4 is 83.4 Å². The van der Waals surface area contributed by atoms with Crippen LogP contribution >= 0.6 is 47.8 Å². The van der Waals surface area contributed by atoms with Crippen LogP contribution in [0.15, 0.2) is 0 Å². The molecule has 3 atom stereocenters. The molecule has 0 aromatic heterocycles. The van der Waals surface area contributed by atoms with Gasteiger partial charge in [0.05, 0.1) is 26.2 Å². The van der Waals surface area contributed by atoms with Gasteiger partial charge in [0, 0.05) is 53.5 Å². The molecule has 15 heteroatoms. The van der Waals surface area contributed by atoms with Crippen molar-refractivity contribution in [3.8, 4) is 0 Å². The van der Waals surface area contributed by atoms with E-state index in [4.69, 9.17) is 14.2 Å². The third-order valence-electron chi connectivity index (χ3n) is 5.96. The molecular formula is C33H60Br3N3O9. The molecule has 0 aliphatic rings. The van der Waals surface area contributed by atoms with Crippen LogP contribution in [-0.2, 0) is 43.0 Å². The van der Waals surface area contributed by atoms with E-state index in [0.717, 1.165) is 12.8 Å². The molecule has 0 rings (SSSR count). The van der Waals surface area contributed by atoms with E-state index in [-0.39, 0.29) is 67.9 Å². The number of hydrogen-bond acceptors (Lipinski definition) is 9. The second-order valence-corrected chi connectivity index (χ2v) is 15.2. The Morgan fingerprint density at radius 1 is 0.562 bits per heavy atom. The summed E-state index contributed by atoms with van der Waals surface area (Å²) in [7, 11) is 0. The number of carbonyl (C=O) groups excluding carboxylic acids is 6. The standard InChI is InChI=1S/3C11H20BrNO3/c1-4-16-10(14)7-9(12)5-6-13-11(15)8(2)3;1-4-16-10(14)6-5-9(12)7-13-11(15)8(2)3;1-4-16-11(15)9(12)6-5-7-13-10(14)8(2)3/h2*8-9H,4-7H2,1-3H3,(H,13,15);8-9H,4-7H2,1-3H3,(H,13,14). The fourth-order valence-electron chi connectivity index (χ4n) is 3.13. The molecule has 48 heavy (non-hydrogen) atoms. The lowest BCUT2D eigenvalue weighted by Crippen LogP contribution is -2.32. The zero-order valence-electron chi connectivity index (χ0n) is 30.3. The molecule has 3 unspecified atom stereocenters. The van der Waals surface area contributed by atoms with Gasteiger partial charge in [0.1, 0.15) is 4.83 Å². The number of amides is 3. The first-order valence-electron chi connectivity index (χ1n) is 16.7. The highest BCUT2D eigenvalue weighted by molar-refractivity contribution is 9.10. The Balaban J connectivity index is -0.000000633. The first-order valence-corrected chi connectivity index (χ1v) is 19.4. The van der Waals surface area contributed by atoms with Gasteiger partial charge in [0.25, 0.3) is 0 Å². The van der Waals surface area contributed by atoms with Gasteiger partial charge in [-0.25, -0.2) is 0 Å². The van der Waals surface area contributed by atoms with Gasteiger partial charge in [-0.3, -0.25) is 28.8 Å². The summed E-state index contributed by atoms with van der Waals surface area (Å²) in [5.41, 5.74) is 0. The molecule has 0 fully saturated rings. The number of hydrogen-bond donors (Lipinski definition) is 3. The molecule has 0 radical (unpaired) electrons. The number of alkyl halides is 3. The Morgan fingerprint density at radius 3 is 1.50 bits per heavy atom. The number of ether oxygens (including phenoxy) is 3. The van der Waals surface area contributed by atoms with Crippen LogP contribution in [0, 0.1) is 17.8 Å². The van der Waals surface area contributed by atoms with E-state index in [9.17, 15) is 28.8 Å². The first kappa shape index (κ1) is 50.6. The lowest BCUT2D eigenvalue weighted by atomic mass is 10.2. The molecule has 0 bridgehead atoms. The monoisotopic (exact) mass is 879 g/mol. The molecule has 12 nitrogen and oxygen atoms in total. The predicted octanol–water partition coefficient (Wildman–Crippen LogP) is 5.60. The van der Waals surface area contributed by atoms with E-state index in [1.807, 2.05) is 41.5 Å². The van der Waals surface area contributed by atoms with Crippen LogP contribution in [0.2, 0.25) is 0 Å². The third kappa shape index (κ3) is 32.8. The molecule has 0 aromatic rings. The minimum atomic E-state index is -0.275. The number of rotatable bonds is 21. The average Bonchev–Trinajstić information content (AvgIpc) is 3.01. The Morgan fingerprint density at radius 2 is 1.02 bits per heavy atom. The van der Waals surface area contributed by atoms with E-state index < -0.39 is 0 Å². The van der Waals surface area contributed by atoms with Crippen molar-refractivity contribution in [3.05, 3.63) is 0 Å². The van der Waals surface area contributed by atoms with Crippen molar-refractivity contribution in [2.75, 3.05) is 39.5 Å². The van der Waals surface area contributed by atoms with Crippen LogP contribution in [0.4, 0.5) is 0 Å². The minimum absolute atomic E-state index is 0.00108. The Kier molecular flexibility index (Phi) is 34.2. The minimum Gasteiger partial charge on any atom is -0.466 e. The SMILES string of the molecule is CCOC(=O)C(Br)CCCNC(=O)C(C)C.CCOC(=O)CC(Br)CCNC(=O)C(C)C.CCOC(=O)CCC(Br)CNC(=O)C(C)C. The normalized spacial score (nSPS) is 12.3. The Bertz CT molecular complexity index is 922. The summed E-state index contributed by atoms with van der Waals surface area (Å²) in [4.78, 5) is 67.0. The number of nitrogens with one attached hydrogen (secondary N) is 3. The van der Waals surface area contributed by atoms with Crippen molar-refractivity contribution in [3.63, 3.8) is 0 Å². The first-order chi connectivity index (χ1) is 22.4. The summed E-state index contributed by atoms with van der Waals surface area (Å²) < 4.78 is 14.5. The molecule has 3 N–H and O–H groups in total. The summed E-state index contributed by atoms with van der Waals surface area (Å²) in [6, 6.07) is 0. The van der Waals surface area contributed by atoms with Crippen LogP contribution < -0.4 is 16.0 Å². The maximum atomic E-state index is 11.3. The molecule has 3 amide bonds. The van der Waals surface area contributed by atoms with Gasteiger partial charge in [-0.05, 0) is 46.5 Å². The maximum Gasteiger partial charge on any atom is 0.319 e. The summed E-state index contributed by atoms with van der Waals surface area (Å²) >= 11 is 10.0. The highest BCUT2D eigenvalue weighted by atomic mass is 79.9. The van der Waals surface area contributed by atoms with E-state index in [0.29, 0.717) is 65.1 Å². The van der Waals surface area contributed by atoms with E-state index in [1.165, 1.54) is 0 Å². The van der Waals surface area contributed by atoms with E-state index in [1.54, 1.807) is 20.8 Å². The molecule has 0 aliphatic heterocycles. The Hall–Kier alpha value is -1.74. The molecule has 0 saturated heterocycles. The molecule has 0 aromatic carbocycles. The largest absolute Gasteiger partial charge is 0.466 e. The molecule has 0 saturated carbocycles. The molecular weight excluding hydrogens is 822 g/mol. The molecule has 0 heterocycles. The van der Waals surface area contributed by atoms with E-state index >= 15 is 0 Å². The van der Waals surface area contributed by atoms with Gasteiger partial charge >= 0.3 is 17.9 Å². The zero-order valence-corrected chi connectivity index (χ0v) is 35.0. The molecule has 282 valence electrons. The number of halogens is 3. The zero-order chi connectivity index (χ0) is 37.7. The predicted molar refractivity (Wildman–Crippen MR) is 199 cm³/mol. The van der Waals surface area contributed by atoms with Crippen molar-refractivity contribution < 1.29 is 43.0 Å². The van der Waals surface area contributed by atoms with Crippen LogP contribution in [0.1, 0.15) is 101 Å². The summed E-state index contributed by atoms with van der Waals surface area (Å²) in [6.07, 6.45) is 3.52. The van der Waals surface area contributed by atoms with Gasteiger partial charge in [-0.15, -0.1) is 0 Å². The average molecular weight is 883 g/mol. The van der Waals surface area contributed by atoms with E-state index in [2.05, 4.69) is 63.7 Å². The quantitative estimate of drug-likeness (QED) is 0.0577. The second-order valence-electron chi connectivity index (χ2n) is 11.5. The van der Waals surface area contributed by atoms with Gasteiger partial charge in [-0.1, -0.05) is 89.3 Å². The van der Waals surface area contributed by atoms with Crippen molar-refractivity contribution in [1.29, 1.82) is 0 Å². The van der Waals surface area contributed by atoms with Crippen LogP contribution in [0.5, 0.6) is 0 Å². The van der Waals surface area contributed by atoms with Crippen LogP contribution in [0.3, 0.4) is 0 Å². The van der Waals surface area contributed by atoms with Gasteiger partial charge in [-0.2, -0.15) is 0 Å². The molecule has 0 aliphatic carbocycles. The van der Waals surface area contributed by atoms with Gasteiger partial charge in [0.15, 0.2) is 0 Å². The van der Waals surface area contributed by atoms with Crippen molar-refractivity contribution in [2.45, 2.75) is 115 Å². The maximum absolute atomic E-state index is 11.3. The Labute approximate surface area is 313 Å². The fourth-order valence-corrected chi connectivity index (χ4v) is 4.47.